The maximum Gasteiger partial charge on any atom is 0.220 e. The summed E-state index contributed by atoms with van der Waals surface area (Å²) < 4.78 is 2.35. The van der Waals surface area contributed by atoms with Gasteiger partial charge in [0.1, 0.15) is 5.82 Å². The first kappa shape index (κ1) is 20.9. The first-order valence-electron chi connectivity index (χ1n) is 10.4. The number of carbonyl (C=O) groups is 1. The van der Waals surface area contributed by atoms with Gasteiger partial charge in [-0.15, -0.1) is 10.2 Å². The van der Waals surface area contributed by atoms with E-state index in [9.17, 15) is 4.79 Å². The van der Waals surface area contributed by atoms with Gasteiger partial charge in [-0.25, -0.2) is 0 Å². The summed E-state index contributed by atoms with van der Waals surface area (Å²) in [4.78, 5) is 12.2. The van der Waals surface area contributed by atoms with Crippen LogP contribution in [0.15, 0.2) is 23.4 Å². The summed E-state index contributed by atoms with van der Waals surface area (Å²) in [6.07, 6.45) is 10.2. The summed E-state index contributed by atoms with van der Waals surface area (Å²) in [5, 5.41) is 12.9. The molecule has 0 spiro atoms. The molecular formula is C22H32N4OS. The zero-order valence-electron chi connectivity index (χ0n) is 17.3. The van der Waals surface area contributed by atoms with Crippen LogP contribution >= 0.6 is 11.8 Å². The van der Waals surface area contributed by atoms with Crippen molar-refractivity contribution < 1.29 is 4.79 Å². The number of nitrogens with one attached hydrogen (secondary N) is 1. The van der Waals surface area contributed by atoms with E-state index in [0.29, 0.717) is 19.0 Å². The Morgan fingerprint density at radius 2 is 2.00 bits per heavy atom. The lowest BCUT2D eigenvalue weighted by Crippen LogP contribution is -2.25. The van der Waals surface area contributed by atoms with Gasteiger partial charge in [-0.3, -0.25) is 4.79 Å². The van der Waals surface area contributed by atoms with E-state index in [1.54, 1.807) is 11.8 Å². The van der Waals surface area contributed by atoms with E-state index < -0.39 is 0 Å². The molecule has 0 atom stereocenters. The molecule has 0 aliphatic heterocycles. The Bertz CT molecular complexity index is 796. The number of hydrogen-bond donors (Lipinski definition) is 1. The van der Waals surface area contributed by atoms with Crippen LogP contribution in [0.3, 0.4) is 0 Å². The second-order valence-electron chi connectivity index (χ2n) is 7.79. The third-order valence-corrected chi connectivity index (χ3v) is 6.27. The maximum absolute atomic E-state index is 12.2. The van der Waals surface area contributed by atoms with Gasteiger partial charge >= 0.3 is 0 Å². The van der Waals surface area contributed by atoms with Gasteiger partial charge in [0.2, 0.25) is 5.91 Å². The summed E-state index contributed by atoms with van der Waals surface area (Å²) in [7, 11) is 0. The van der Waals surface area contributed by atoms with Crippen molar-refractivity contribution in [2.75, 3.05) is 12.8 Å². The van der Waals surface area contributed by atoms with Gasteiger partial charge in [-0.2, -0.15) is 0 Å². The average molecular weight is 401 g/mol. The molecule has 1 aromatic carbocycles. The fraction of sp³-hybridized carbons (Fsp3) is 0.591. The molecule has 28 heavy (non-hydrogen) atoms. The van der Waals surface area contributed by atoms with E-state index in [-0.39, 0.29) is 5.91 Å². The van der Waals surface area contributed by atoms with Crippen LogP contribution in [-0.4, -0.2) is 33.5 Å². The first-order valence-corrected chi connectivity index (χ1v) is 11.6. The number of aromatic nitrogens is 3. The van der Waals surface area contributed by atoms with Gasteiger partial charge in [-0.05, 0) is 56.9 Å². The molecule has 0 bridgehead atoms. The van der Waals surface area contributed by atoms with Crippen LogP contribution < -0.4 is 5.32 Å². The summed E-state index contributed by atoms with van der Waals surface area (Å²) in [6.45, 7) is 4.90. The summed E-state index contributed by atoms with van der Waals surface area (Å²) in [6, 6.07) is 6.98. The summed E-state index contributed by atoms with van der Waals surface area (Å²) in [5.41, 5.74) is 3.79. The number of benzene rings is 1. The number of thioether (sulfide) groups is 1. The Hall–Kier alpha value is -1.82. The Kier molecular flexibility index (Phi) is 7.54. The molecule has 1 aromatic heterocycles. The largest absolute Gasteiger partial charge is 0.356 e. The van der Waals surface area contributed by atoms with Crippen molar-refractivity contribution in [1.29, 1.82) is 0 Å². The normalized spacial score (nSPS) is 14.5. The lowest BCUT2D eigenvalue weighted by atomic mass is 10.0. The van der Waals surface area contributed by atoms with Crippen LogP contribution in [0.1, 0.15) is 67.1 Å². The van der Waals surface area contributed by atoms with E-state index in [2.05, 4.69) is 58.4 Å². The van der Waals surface area contributed by atoms with Gasteiger partial charge < -0.3 is 9.88 Å². The van der Waals surface area contributed by atoms with E-state index >= 15 is 0 Å². The monoisotopic (exact) mass is 400 g/mol. The van der Waals surface area contributed by atoms with Crippen molar-refractivity contribution in [1.82, 2.24) is 20.1 Å². The minimum Gasteiger partial charge on any atom is -0.356 e. The quantitative estimate of drug-likeness (QED) is 0.500. The number of aryl methyl sites for hydroxylation is 4. The third-order valence-electron chi connectivity index (χ3n) is 5.63. The molecule has 0 saturated heterocycles. The van der Waals surface area contributed by atoms with Gasteiger partial charge in [0, 0.05) is 25.4 Å². The second-order valence-corrected chi connectivity index (χ2v) is 8.57. The van der Waals surface area contributed by atoms with Gasteiger partial charge in [0.15, 0.2) is 5.16 Å². The fourth-order valence-electron chi connectivity index (χ4n) is 4.08. The average Bonchev–Trinajstić information content (AvgIpc) is 3.33. The Morgan fingerprint density at radius 1 is 1.21 bits per heavy atom. The van der Waals surface area contributed by atoms with Crippen LogP contribution in [0.4, 0.5) is 0 Å². The molecule has 1 N–H and O–H groups in total. The molecule has 5 nitrogen and oxygen atoms in total. The summed E-state index contributed by atoms with van der Waals surface area (Å²) >= 11 is 1.67. The molecule has 6 heteroatoms. The predicted molar refractivity (Wildman–Crippen MR) is 115 cm³/mol. The lowest BCUT2D eigenvalue weighted by molar-refractivity contribution is -0.121. The van der Waals surface area contributed by atoms with Crippen LogP contribution in [0.5, 0.6) is 0 Å². The van der Waals surface area contributed by atoms with Crippen LogP contribution in [0.25, 0.3) is 0 Å². The molecule has 1 fully saturated rings. The zero-order valence-corrected chi connectivity index (χ0v) is 18.1. The molecule has 1 aliphatic carbocycles. The predicted octanol–water partition coefficient (Wildman–Crippen LogP) is 4.41. The van der Waals surface area contributed by atoms with Crippen molar-refractivity contribution in [3.63, 3.8) is 0 Å². The summed E-state index contributed by atoms with van der Waals surface area (Å²) in [5.74, 6) is 1.20. The number of hydrogen-bond acceptors (Lipinski definition) is 4. The van der Waals surface area contributed by atoms with Gasteiger partial charge in [0.05, 0.1) is 0 Å². The van der Waals surface area contributed by atoms with E-state index in [1.165, 1.54) is 42.4 Å². The molecule has 0 radical (unpaired) electrons. The maximum atomic E-state index is 12.2. The molecule has 3 rings (SSSR count). The molecule has 0 unspecified atom stereocenters. The third kappa shape index (κ3) is 5.37. The van der Waals surface area contributed by atoms with Crippen molar-refractivity contribution in [3.8, 4) is 0 Å². The minimum absolute atomic E-state index is 0.127. The Labute approximate surface area is 172 Å². The van der Waals surface area contributed by atoms with Crippen molar-refractivity contribution in [2.24, 2.45) is 0 Å². The minimum atomic E-state index is 0.127. The van der Waals surface area contributed by atoms with E-state index in [4.69, 9.17) is 0 Å². The molecule has 1 saturated carbocycles. The number of nitrogens with zero attached hydrogens (tertiary/aromatic N) is 3. The topological polar surface area (TPSA) is 59.8 Å². The SMILES string of the molecule is CSc1nnc(CCCNC(=O)CCc2ccc(C)cc2C)n1C1CCCC1. The second kappa shape index (κ2) is 10.1. The Morgan fingerprint density at radius 3 is 2.71 bits per heavy atom. The van der Waals surface area contributed by atoms with Crippen LogP contribution in [-0.2, 0) is 17.6 Å². The number of amides is 1. The fourth-order valence-corrected chi connectivity index (χ4v) is 4.66. The molecule has 152 valence electrons. The number of carbonyl (C=O) groups excluding carboxylic acids is 1. The van der Waals surface area contributed by atoms with Crippen molar-refractivity contribution >= 4 is 17.7 Å². The molecule has 1 aliphatic rings. The first-order chi connectivity index (χ1) is 13.6. The van der Waals surface area contributed by atoms with Gasteiger partial charge in [-0.1, -0.05) is 48.4 Å². The molecule has 2 aromatic rings. The van der Waals surface area contributed by atoms with Gasteiger partial charge in [0.25, 0.3) is 0 Å². The molecule has 1 amide bonds. The number of rotatable bonds is 9. The lowest BCUT2D eigenvalue weighted by Gasteiger charge is -2.16. The highest BCUT2D eigenvalue weighted by atomic mass is 32.2. The smallest absolute Gasteiger partial charge is 0.220 e. The van der Waals surface area contributed by atoms with E-state index in [0.717, 1.165) is 30.2 Å². The highest BCUT2D eigenvalue weighted by molar-refractivity contribution is 7.98. The zero-order chi connectivity index (χ0) is 19.9. The van der Waals surface area contributed by atoms with Crippen LogP contribution in [0.2, 0.25) is 0 Å². The van der Waals surface area contributed by atoms with E-state index in [1.807, 2.05) is 0 Å². The van der Waals surface area contributed by atoms with Crippen molar-refractivity contribution in [3.05, 3.63) is 40.7 Å². The highest BCUT2D eigenvalue weighted by Crippen LogP contribution is 2.33. The Balaban J connectivity index is 1.43. The standard InChI is InChI=1S/C22H32N4OS/c1-16-10-11-18(17(2)15-16)12-13-21(27)23-14-6-9-20-24-25-22(28-3)26(20)19-7-4-5-8-19/h10-11,15,19H,4-9,12-14H2,1-3H3,(H,23,27). The highest BCUT2D eigenvalue weighted by Gasteiger charge is 2.23. The van der Waals surface area contributed by atoms with Crippen LogP contribution in [0, 0.1) is 13.8 Å². The molecule has 1 heterocycles. The molecular weight excluding hydrogens is 368 g/mol. The van der Waals surface area contributed by atoms with Crippen molar-refractivity contribution in [2.45, 2.75) is 76.4 Å².